The third kappa shape index (κ3) is 4.81. The quantitative estimate of drug-likeness (QED) is 0.801. The average molecular weight is 403 g/mol. The zero-order valence-electron chi connectivity index (χ0n) is 17.3. The summed E-state index contributed by atoms with van der Waals surface area (Å²) in [4.78, 5) is 40.1. The van der Waals surface area contributed by atoms with Crippen LogP contribution in [-0.2, 0) is 9.59 Å². The highest BCUT2D eigenvalue weighted by Crippen LogP contribution is 2.30. The molecule has 0 aromatic heterocycles. The van der Waals surface area contributed by atoms with E-state index in [1.807, 2.05) is 4.90 Å². The van der Waals surface area contributed by atoms with Crippen LogP contribution in [0.1, 0.15) is 36.5 Å². The third-order valence-corrected chi connectivity index (χ3v) is 5.69. The second-order valence-corrected chi connectivity index (χ2v) is 7.54. The van der Waals surface area contributed by atoms with E-state index in [1.54, 1.807) is 44.2 Å². The van der Waals surface area contributed by atoms with Crippen molar-refractivity contribution in [3.63, 3.8) is 0 Å². The molecule has 0 bridgehead atoms. The lowest BCUT2D eigenvalue weighted by Gasteiger charge is -2.32. The largest absolute Gasteiger partial charge is 0.497 e. The molecule has 0 unspecified atom stereocenters. The molecule has 2 aliphatic heterocycles. The number of nitrogens with zero attached hydrogens (tertiary/aromatic N) is 2. The van der Waals surface area contributed by atoms with Crippen LogP contribution in [0.2, 0.25) is 0 Å². The van der Waals surface area contributed by atoms with E-state index < -0.39 is 0 Å². The van der Waals surface area contributed by atoms with Crippen LogP contribution in [0, 0.1) is 5.92 Å². The summed E-state index contributed by atoms with van der Waals surface area (Å²) in [6, 6.07) is 5.22. The minimum Gasteiger partial charge on any atom is -0.497 e. The van der Waals surface area contributed by atoms with Crippen LogP contribution in [0.15, 0.2) is 18.2 Å². The number of rotatable bonds is 5. The lowest BCUT2D eigenvalue weighted by atomic mass is 10.1. The summed E-state index contributed by atoms with van der Waals surface area (Å²) < 4.78 is 11.5. The Morgan fingerprint density at radius 3 is 2.38 bits per heavy atom. The predicted molar refractivity (Wildman–Crippen MR) is 107 cm³/mol. The standard InChI is InChI=1S/C21H29N3O5/c1-14(25)23-10-7-16(8-11-23)29-19-5-4-17(28-3)12-18(19)21(27)24-9-6-15(13-24)20(26)22-2/h4-5,12,15-16H,6-11,13H2,1-3H3,(H,22,26)/t15-/m1/s1. The van der Waals surface area contributed by atoms with Gasteiger partial charge in [0.15, 0.2) is 0 Å². The van der Waals surface area contributed by atoms with Crippen LogP contribution in [0.25, 0.3) is 0 Å². The van der Waals surface area contributed by atoms with Gasteiger partial charge in [0.25, 0.3) is 5.91 Å². The molecule has 1 N–H and O–H groups in total. The van der Waals surface area contributed by atoms with Gasteiger partial charge in [-0.3, -0.25) is 14.4 Å². The van der Waals surface area contributed by atoms with Gasteiger partial charge < -0.3 is 24.6 Å². The van der Waals surface area contributed by atoms with E-state index in [9.17, 15) is 14.4 Å². The second-order valence-electron chi connectivity index (χ2n) is 7.54. The Labute approximate surface area is 171 Å². The van der Waals surface area contributed by atoms with Crippen LogP contribution >= 0.6 is 0 Å². The number of likely N-dealkylation sites (tertiary alicyclic amines) is 2. The summed E-state index contributed by atoms with van der Waals surface area (Å²) in [6.07, 6.45) is 2.04. The van der Waals surface area contributed by atoms with E-state index in [0.29, 0.717) is 49.7 Å². The molecule has 2 heterocycles. The van der Waals surface area contributed by atoms with E-state index in [0.717, 1.165) is 12.8 Å². The molecule has 29 heavy (non-hydrogen) atoms. The number of piperidine rings is 1. The minimum atomic E-state index is -0.185. The van der Waals surface area contributed by atoms with E-state index in [-0.39, 0.29) is 29.7 Å². The lowest BCUT2D eigenvalue weighted by Crippen LogP contribution is -2.41. The van der Waals surface area contributed by atoms with Crippen molar-refractivity contribution in [2.24, 2.45) is 5.92 Å². The molecule has 3 rings (SSSR count). The van der Waals surface area contributed by atoms with Crippen molar-refractivity contribution >= 4 is 17.7 Å². The molecule has 2 aliphatic rings. The number of carbonyl (C=O) groups is 3. The monoisotopic (exact) mass is 403 g/mol. The maximum absolute atomic E-state index is 13.2. The number of carbonyl (C=O) groups excluding carboxylic acids is 3. The van der Waals surface area contributed by atoms with Crippen molar-refractivity contribution in [1.82, 2.24) is 15.1 Å². The summed E-state index contributed by atoms with van der Waals surface area (Å²) >= 11 is 0. The van der Waals surface area contributed by atoms with Crippen molar-refractivity contribution < 1.29 is 23.9 Å². The number of hydrogen-bond donors (Lipinski definition) is 1. The molecule has 0 saturated carbocycles. The third-order valence-electron chi connectivity index (χ3n) is 5.69. The van der Waals surface area contributed by atoms with E-state index in [2.05, 4.69) is 5.32 Å². The maximum atomic E-state index is 13.2. The first-order valence-electron chi connectivity index (χ1n) is 10.0. The highest BCUT2D eigenvalue weighted by atomic mass is 16.5. The Morgan fingerprint density at radius 2 is 1.76 bits per heavy atom. The highest BCUT2D eigenvalue weighted by Gasteiger charge is 2.33. The average Bonchev–Trinajstić information content (AvgIpc) is 3.23. The summed E-state index contributed by atoms with van der Waals surface area (Å²) in [7, 11) is 3.16. The Morgan fingerprint density at radius 1 is 1.07 bits per heavy atom. The predicted octanol–water partition coefficient (Wildman–Crippen LogP) is 1.29. The molecule has 8 heteroatoms. The molecule has 0 aliphatic carbocycles. The fourth-order valence-electron chi connectivity index (χ4n) is 3.91. The van der Waals surface area contributed by atoms with E-state index in [4.69, 9.17) is 9.47 Å². The van der Waals surface area contributed by atoms with Gasteiger partial charge in [-0.25, -0.2) is 0 Å². The van der Waals surface area contributed by atoms with Gasteiger partial charge in [-0.15, -0.1) is 0 Å². The number of hydrogen-bond acceptors (Lipinski definition) is 5. The Hall–Kier alpha value is -2.77. The van der Waals surface area contributed by atoms with Gasteiger partial charge in [0.2, 0.25) is 11.8 Å². The molecule has 158 valence electrons. The molecule has 0 radical (unpaired) electrons. The Balaban J connectivity index is 1.73. The molecule has 1 aromatic carbocycles. The SMILES string of the molecule is CNC(=O)[C@@H]1CCN(C(=O)c2cc(OC)ccc2OC2CCN(C(C)=O)CC2)C1. The second kappa shape index (κ2) is 9.15. The number of benzene rings is 1. The smallest absolute Gasteiger partial charge is 0.257 e. The molecule has 2 fully saturated rings. The first kappa shape index (κ1) is 21.0. The zero-order valence-corrected chi connectivity index (χ0v) is 17.3. The lowest BCUT2D eigenvalue weighted by molar-refractivity contribution is -0.130. The molecule has 0 spiro atoms. The van der Waals surface area contributed by atoms with E-state index >= 15 is 0 Å². The number of nitrogens with one attached hydrogen (secondary N) is 1. The minimum absolute atomic E-state index is 0.0420. The van der Waals surface area contributed by atoms with Crippen LogP contribution in [0.5, 0.6) is 11.5 Å². The van der Waals surface area contributed by atoms with Crippen molar-refractivity contribution in [3.05, 3.63) is 23.8 Å². The Bertz CT molecular complexity index is 774. The number of methoxy groups -OCH3 is 1. The van der Waals surface area contributed by atoms with Crippen LogP contribution in [0.4, 0.5) is 0 Å². The van der Waals surface area contributed by atoms with Gasteiger partial charge in [0.05, 0.1) is 18.6 Å². The molecule has 1 atom stereocenters. The summed E-state index contributed by atoms with van der Waals surface area (Å²) in [5.74, 6) is 0.777. The fraction of sp³-hybridized carbons (Fsp3) is 0.571. The molecule has 8 nitrogen and oxygen atoms in total. The number of amides is 3. The highest BCUT2D eigenvalue weighted by molar-refractivity contribution is 5.98. The van der Waals surface area contributed by atoms with Gasteiger partial charge in [0, 0.05) is 53.0 Å². The van der Waals surface area contributed by atoms with Crippen molar-refractivity contribution in [3.8, 4) is 11.5 Å². The van der Waals surface area contributed by atoms with Crippen molar-refractivity contribution in [2.75, 3.05) is 40.3 Å². The molecular formula is C21H29N3O5. The fourth-order valence-corrected chi connectivity index (χ4v) is 3.91. The van der Waals surface area contributed by atoms with Gasteiger partial charge in [-0.1, -0.05) is 0 Å². The van der Waals surface area contributed by atoms with Crippen molar-refractivity contribution in [2.45, 2.75) is 32.3 Å². The van der Waals surface area contributed by atoms with Gasteiger partial charge in [-0.2, -0.15) is 0 Å². The molecular weight excluding hydrogens is 374 g/mol. The normalized spacial score (nSPS) is 19.8. The molecule has 1 aromatic rings. The van der Waals surface area contributed by atoms with Gasteiger partial charge >= 0.3 is 0 Å². The topological polar surface area (TPSA) is 88.2 Å². The van der Waals surface area contributed by atoms with Gasteiger partial charge in [0.1, 0.15) is 17.6 Å². The maximum Gasteiger partial charge on any atom is 0.257 e. The van der Waals surface area contributed by atoms with Crippen molar-refractivity contribution in [1.29, 1.82) is 0 Å². The number of ether oxygens (including phenoxy) is 2. The van der Waals surface area contributed by atoms with Crippen LogP contribution in [0.3, 0.4) is 0 Å². The zero-order chi connectivity index (χ0) is 21.0. The van der Waals surface area contributed by atoms with Crippen LogP contribution in [-0.4, -0.2) is 74.0 Å². The molecule has 3 amide bonds. The van der Waals surface area contributed by atoms with Gasteiger partial charge in [-0.05, 0) is 24.6 Å². The Kier molecular flexibility index (Phi) is 6.61. The summed E-state index contributed by atoms with van der Waals surface area (Å²) in [5.41, 5.74) is 0.441. The first-order valence-corrected chi connectivity index (χ1v) is 10.0. The first-order chi connectivity index (χ1) is 13.9. The van der Waals surface area contributed by atoms with Crippen LogP contribution < -0.4 is 14.8 Å². The van der Waals surface area contributed by atoms with E-state index in [1.165, 1.54) is 0 Å². The summed E-state index contributed by atoms with van der Waals surface area (Å²) in [5, 5.41) is 2.65. The summed E-state index contributed by atoms with van der Waals surface area (Å²) in [6.45, 7) is 3.80. The molecule has 2 saturated heterocycles.